The van der Waals surface area contributed by atoms with E-state index in [-0.39, 0.29) is 23.5 Å². The highest BCUT2D eigenvalue weighted by atomic mass is 16.1. The standard InChI is InChI=1S/C10H19NO2/c1-7(12)8(5-9(11)13)6-10(2,3)4/h8H,5-6H2,1-4H3,(H2,11,13). The van der Waals surface area contributed by atoms with E-state index >= 15 is 0 Å². The number of carbonyl (C=O) groups is 2. The van der Waals surface area contributed by atoms with Crippen LogP contribution >= 0.6 is 0 Å². The van der Waals surface area contributed by atoms with E-state index in [1.165, 1.54) is 6.92 Å². The molecule has 3 nitrogen and oxygen atoms in total. The van der Waals surface area contributed by atoms with Gasteiger partial charge in [0.15, 0.2) is 0 Å². The van der Waals surface area contributed by atoms with Crippen LogP contribution < -0.4 is 5.73 Å². The molecule has 0 bridgehead atoms. The van der Waals surface area contributed by atoms with Crippen molar-refractivity contribution in [3.8, 4) is 0 Å². The Balaban J connectivity index is 4.27. The summed E-state index contributed by atoms with van der Waals surface area (Å²) in [5, 5.41) is 0. The molecule has 0 aromatic carbocycles. The van der Waals surface area contributed by atoms with Gasteiger partial charge in [0.2, 0.25) is 5.91 Å². The van der Waals surface area contributed by atoms with Gasteiger partial charge < -0.3 is 5.73 Å². The maximum absolute atomic E-state index is 11.1. The summed E-state index contributed by atoms with van der Waals surface area (Å²) in [6.45, 7) is 7.65. The van der Waals surface area contributed by atoms with E-state index in [2.05, 4.69) is 0 Å². The summed E-state index contributed by atoms with van der Waals surface area (Å²) in [5.41, 5.74) is 5.12. The predicted octanol–water partition coefficient (Wildman–Crippen LogP) is 1.50. The molecule has 0 saturated carbocycles. The van der Waals surface area contributed by atoms with Gasteiger partial charge in [-0.05, 0) is 18.8 Å². The molecule has 76 valence electrons. The third kappa shape index (κ3) is 6.31. The van der Waals surface area contributed by atoms with Crippen LogP contribution in [-0.4, -0.2) is 11.7 Å². The van der Waals surface area contributed by atoms with Crippen molar-refractivity contribution in [1.82, 2.24) is 0 Å². The summed E-state index contributed by atoms with van der Waals surface area (Å²) in [6, 6.07) is 0. The van der Waals surface area contributed by atoms with Gasteiger partial charge in [0.05, 0.1) is 0 Å². The first-order valence-electron chi connectivity index (χ1n) is 4.51. The second-order valence-electron chi connectivity index (χ2n) is 4.74. The maximum atomic E-state index is 11.1. The zero-order valence-corrected chi connectivity index (χ0v) is 8.89. The van der Waals surface area contributed by atoms with E-state index in [4.69, 9.17) is 5.73 Å². The minimum Gasteiger partial charge on any atom is -0.370 e. The quantitative estimate of drug-likeness (QED) is 0.721. The first kappa shape index (κ1) is 12.1. The molecule has 0 saturated heterocycles. The molecule has 0 aliphatic rings. The summed E-state index contributed by atoms with van der Waals surface area (Å²) in [7, 11) is 0. The molecule has 13 heavy (non-hydrogen) atoms. The molecular weight excluding hydrogens is 166 g/mol. The monoisotopic (exact) mass is 185 g/mol. The number of rotatable bonds is 4. The van der Waals surface area contributed by atoms with E-state index in [0.29, 0.717) is 6.42 Å². The largest absolute Gasteiger partial charge is 0.370 e. The summed E-state index contributed by atoms with van der Waals surface area (Å²) >= 11 is 0. The van der Waals surface area contributed by atoms with Crippen molar-refractivity contribution in [1.29, 1.82) is 0 Å². The predicted molar refractivity (Wildman–Crippen MR) is 52.1 cm³/mol. The molecule has 0 aromatic rings. The lowest BCUT2D eigenvalue weighted by Gasteiger charge is -2.23. The second kappa shape index (κ2) is 4.40. The third-order valence-corrected chi connectivity index (χ3v) is 1.88. The first-order valence-corrected chi connectivity index (χ1v) is 4.51. The molecule has 0 aliphatic heterocycles. The van der Waals surface area contributed by atoms with Gasteiger partial charge in [-0.15, -0.1) is 0 Å². The summed E-state index contributed by atoms with van der Waals surface area (Å²) in [4.78, 5) is 21.8. The molecule has 0 aromatic heterocycles. The third-order valence-electron chi connectivity index (χ3n) is 1.88. The van der Waals surface area contributed by atoms with Gasteiger partial charge in [0.25, 0.3) is 0 Å². The fourth-order valence-corrected chi connectivity index (χ4v) is 1.34. The minimum absolute atomic E-state index is 0.0497. The smallest absolute Gasteiger partial charge is 0.218 e. The Bertz CT molecular complexity index is 203. The Labute approximate surface area is 79.7 Å². The first-order chi connectivity index (χ1) is 5.72. The van der Waals surface area contributed by atoms with Crippen molar-refractivity contribution in [3.05, 3.63) is 0 Å². The fourth-order valence-electron chi connectivity index (χ4n) is 1.34. The van der Waals surface area contributed by atoms with E-state index in [0.717, 1.165) is 0 Å². The molecule has 1 amide bonds. The number of primary amides is 1. The Kier molecular flexibility index (Phi) is 4.11. The number of nitrogens with two attached hydrogens (primary N) is 1. The van der Waals surface area contributed by atoms with Crippen LogP contribution in [0.5, 0.6) is 0 Å². The fraction of sp³-hybridized carbons (Fsp3) is 0.800. The SMILES string of the molecule is CC(=O)C(CC(N)=O)CC(C)(C)C. The highest BCUT2D eigenvalue weighted by molar-refractivity contribution is 5.84. The van der Waals surface area contributed by atoms with Crippen molar-refractivity contribution in [2.75, 3.05) is 0 Å². The van der Waals surface area contributed by atoms with Gasteiger partial charge in [-0.1, -0.05) is 20.8 Å². The van der Waals surface area contributed by atoms with E-state index < -0.39 is 5.91 Å². The molecule has 2 N–H and O–H groups in total. The molecular formula is C10H19NO2. The van der Waals surface area contributed by atoms with Gasteiger partial charge in [0.1, 0.15) is 5.78 Å². The number of hydrogen-bond donors (Lipinski definition) is 1. The Morgan fingerprint density at radius 2 is 1.77 bits per heavy atom. The number of hydrogen-bond acceptors (Lipinski definition) is 2. The highest BCUT2D eigenvalue weighted by Crippen LogP contribution is 2.26. The zero-order chi connectivity index (χ0) is 10.6. The Morgan fingerprint density at radius 1 is 1.31 bits per heavy atom. The molecule has 0 rings (SSSR count). The molecule has 3 heteroatoms. The van der Waals surface area contributed by atoms with Crippen LogP contribution in [-0.2, 0) is 9.59 Å². The van der Waals surface area contributed by atoms with Crippen molar-refractivity contribution in [2.45, 2.75) is 40.5 Å². The minimum atomic E-state index is -0.399. The second-order valence-corrected chi connectivity index (χ2v) is 4.74. The Hall–Kier alpha value is -0.860. The van der Waals surface area contributed by atoms with Gasteiger partial charge >= 0.3 is 0 Å². The average molecular weight is 185 g/mol. The van der Waals surface area contributed by atoms with Crippen LogP contribution in [0, 0.1) is 11.3 Å². The van der Waals surface area contributed by atoms with Crippen LogP contribution in [0.3, 0.4) is 0 Å². The average Bonchev–Trinajstić information content (AvgIpc) is 1.81. The summed E-state index contributed by atoms with van der Waals surface area (Å²) < 4.78 is 0. The van der Waals surface area contributed by atoms with Crippen LogP contribution in [0.4, 0.5) is 0 Å². The lowest BCUT2D eigenvalue weighted by atomic mass is 9.81. The molecule has 0 fully saturated rings. The van der Waals surface area contributed by atoms with Crippen molar-refractivity contribution in [2.24, 2.45) is 17.1 Å². The lowest BCUT2D eigenvalue weighted by Crippen LogP contribution is -2.25. The molecule has 0 radical (unpaired) electrons. The van der Waals surface area contributed by atoms with Crippen LogP contribution in [0.15, 0.2) is 0 Å². The van der Waals surface area contributed by atoms with Gasteiger partial charge in [0, 0.05) is 12.3 Å². The zero-order valence-electron chi connectivity index (χ0n) is 8.89. The normalized spacial score (nSPS) is 13.8. The van der Waals surface area contributed by atoms with E-state index in [9.17, 15) is 9.59 Å². The van der Waals surface area contributed by atoms with Crippen molar-refractivity contribution < 1.29 is 9.59 Å². The Morgan fingerprint density at radius 3 is 2.00 bits per heavy atom. The lowest BCUT2D eigenvalue weighted by molar-refractivity contribution is -0.127. The number of Topliss-reactive ketones (excluding diaryl/α,β-unsaturated/α-hetero) is 1. The number of amides is 1. The summed E-state index contributed by atoms with van der Waals surface area (Å²) in [6.07, 6.45) is 0.887. The summed E-state index contributed by atoms with van der Waals surface area (Å²) in [5.74, 6) is -0.560. The van der Waals surface area contributed by atoms with Gasteiger partial charge in [-0.2, -0.15) is 0 Å². The topological polar surface area (TPSA) is 60.2 Å². The van der Waals surface area contributed by atoms with E-state index in [1.807, 2.05) is 20.8 Å². The molecule has 1 unspecified atom stereocenters. The maximum Gasteiger partial charge on any atom is 0.218 e. The van der Waals surface area contributed by atoms with Crippen molar-refractivity contribution in [3.63, 3.8) is 0 Å². The van der Waals surface area contributed by atoms with Crippen LogP contribution in [0.25, 0.3) is 0 Å². The number of ketones is 1. The van der Waals surface area contributed by atoms with Crippen molar-refractivity contribution >= 4 is 11.7 Å². The molecule has 0 heterocycles. The van der Waals surface area contributed by atoms with E-state index in [1.54, 1.807) is 0 Å². The number of carbonyl (C=O) groups excluding carboxylic acids is 2. The van der Waals surface area contributed by atoms with Crippen LogP contribution in [0.1, 0.15) is 40.5 Å². The van der Waals surface area contributed by atoms with Gasteiger partial charge in [-0.3, -0.25) is 9.59 Å². The van der Waals surface area contributed by atoms with Crippen LogP contribution in [0.2, 0.25) is 0 Å². The molecule has 1 atom stereocenters. The van der Waals surface area contributed by atoms with Gasteiger partial charge in [-0.25, -0.2) is 0 Å². The molecule has 0 spiro atoms. The highest BCUT2D eigenvalue weighted by Gasteiger charge is 2.23. The molecule has 0 aliphatic carbocycles.